The van der Waals surface area contributed by atoms with E-state index in [2.05, 4.69) is 22.1 Å². The van der Waals surface area contributed by atoms with Crippen LogP contribution >= 0.6 is 12.2 Å². The minimum atomic E-state index is 0.367. The van der Waals surface area contributed by atoms with Crippen molar-refractivity contribution < 1.29 is 0 Å². The summed E-state index contributed by atoms with van der Waals surface area (Å²) in [5.41, 5.74) is 7.49. The second kappa shape index (κ2) is 6.30. The molecule has 104 valence electrons. The third-order valence-corrected chi connectivity index (χ3v) is 3.60. The van der Waals surface area contributed by atoms with Gasteiger partial charge in [0.15, 0.2) is 0 Å². The Bertz CT molecular complexity index is 455. The van der Waals surface area contributed by atoms with E-state index < -0.39 is 0 Å². The van der Waals surface area contributed by atoms with Crippen molar-refractivity contribution in [2.45, 2.75) is 32.7 Å². The summed E-state index contributed by atoms with van der Waals surface area (Å²) in [6, 6.07) is 4.21. The largest absolute Gasteiger partial charge is 0.389 e. The van der Waals surface area contributed by atoms with E-state index in [0.29, 0.717) is 11.0 Å². The topological polar surface area (TPSA) is 54.2 Å². The second-order valence-electron chi connectivity index (χ2n) is 5.30. The van der Waals surface area contributed by atoms with Crippen LogP contribution < -0.4 is 11.1 Å². The van der Waals surface area contributed by atoms with Gasteiger partial charge >= 0.3 is 0 Å². The lowest BCUT2D eigenvalue weighted by atomic mass is 10.2. The molecule has 0 aliphatic carbocycles. The van der Waals surface area contributed by atoms with Crippen LogP contribution in [0, 0.1) is 6.92 Å². The van der Waals surface area contributed by atoms with Crippen LogP contribution in [0.25, 0.3) is 0 Å². The molecule has 0 radical (unpaired) electrons. The highest BCUT2D eigenvalue weighted by atomic mass is 32.1. The lowest BCUT2D eigenvalue weighted by Gasteiger charge is -2.22. The van der Waals surface area contributed by atoms with Gasteiger partial charge in [0, 0.05) is 23.8 Å². The summed E-state index contributed by atoms with van der Waals surface area (Å²) in [7, 11) is 0. The number of nitrogens with zero attached hydrogens (tertiary/aromatic N) is 2. The Morgan fingerprint density at radius 2 is 2.16 bits per heavy atom. The Hall–Kier alpha value is -1.20. The molecule has 1 aliphatic rings. The molecule has 0 spiro atoms. The van der Waals surface area contributed by atoms with Crippen LogP contribution in [0.2, 0.25) is 0 Å². The molecule has 5 heteroatoms. The van der Waals surface area contributed by atoms with Gasteiger partial charge in [-0.1, -0.05) is 12.2 Å². The summed E-state index contributed by atoms with van der Waals surface area (Å²) in [5.74, 6) is 0.856. The van der Waals surface area contributed by atoms with Crippen molar-refractivity contribution in [3.63, 3.8) is 0 Å². The number of aryl methyl sites for hydroxylation is 1. The number of hydrogen-bond acceptors (Lipinski definition) is 4. The van der Waals surface area contributed by atoms with Crippen LogP contribution in [0.5, 0.6) is 0 Å². The lowest BCUT2D eigenvalue weighted by molar-refractivity contribution is 0.327. The number of thiocarbonyl (C=S) groups is 1. The first-order chi connectivity index (χ1) is 9.04. The van der Waals surface area contributed by atoms with Gasteiger partial charge in [-0.25, -0.2) is 4.98 Å². The van der Waals surface area contributed by atoms with Crippen molar-refractivity contribution in [1.82, 2.24) is 9.88 Å². The first-order valence-corrected chi connectivity index (χ1v) is 7.23. The molecule has 19 heavy (non-hydrogen) atoms. The van der Waals surface area contributed by atoms with Crippen molar-refractivity contribution in [2.75, 3.05) is 25.0 Å². The zero-order valence-corrected chi connectivity index (χ0v) is 12.5. The standard InChI is InChI=1S/C14H22N4S/c1-10-7-12(14(15)19)8-13(16-10)17-11(2)9-18-5-3-4-6-18/h7-8,11H,3-6,9H2,1-2H3,(H2,15,19)(H,16,17). The SMILES string of the molecule is Cc1cc(C(N)=S)cc(NC(C)CN2CCCC2)n1. The summed E-state index contributed by atoms with van der Waals surface area (Å²) >= 11 is 5.02. The van der Waals surface area contributed by atoms with Gasteiger partial charge in [-0.3, -0.25) is 0 Å². The number of likely N-dealkylation sites (tertiary alicyclic amines) is 1. The zero-order chi connectivity index (χ0) is 13.8. The normalized spacial score (nSPS) is 17.4. The van der Waals surface area contributed by atoms with Gasteiger partial charge < -0.3 is 16.0 Å². The highest BCUT2D eigenvalue weighted by Crippen LogP contribution is 2.13. The Labute approximate surface area is 120 Å². The maximum Gasteiger partial charge on any atom is 0.127 e. The number of rotatable bonds is 5. The third-order valence-electron chi connectivity index (χ3n) is 3.36. The van der Waals surface area contributed by atoms with E-state index in [1.807, 2.05) is 19.1 Å². The molecule has 1 aliphatic heterocycles. The van der Waals surface area contributed by atoms with Crippen molar-refractivity contribution >= 4 is 23.0 Å². The van der Waals surface area contributed by atoms with Crippen molar-refractivity contribution in [1.29, 1.82) is 0 Å². The summed E-state index contributed by atoms with van der Waals surface area (Å²) < 4.78 is 0. The fraction of sp³-hybridized carbons (Fsp3) is 0.571. The van der Waals surface area contributed by atoms with Gasteiger partial charge in [0.1, 0.15) is 10.8 Å². The smallest absolute Gasteiger partial charge is 0.127 e. The molecule has 1 saturated heterocycles. The average molecular weight is 278 g/mol. The molecular weight excluding hydrogens is 256 g/mol. The second-order valence-corrected chi connectivity index (χ2v) is 5.74. The van der Waals surface area contributed by atoms with Crippen molar-refractivity contribution in [3.8, 4) is 0 Å². The number of anilines is 1. The minimum absolute atomic E-state index is 0.367. The highest BCUT2D eigenvalue weighted by molar-refractivity contribution is 7.80. The van der Waals surface area contributed by atoms with Gasteiger partial charge in [-0.15, -0.1) is 0 Å². The maximum atomic E-state index is 5.68. The fourth-order valence-electron chi connectivity index (χ4n) is 2.54. The number of aromatic nitrogens is 1. The Balaban J connectivity index is 1.99. The van der Waals surface area contributed by atoms with Crippen LogP contribution in [-0.2, 0) is 0 Å². The van der Waals surface area contributed by atoms with Crippen LogP contribution in [0.1, 0.15) is 31.0 Å². The summed E-state index contributed by atoms with van der Waals surface area (Å²) in [6.45, 7) is 7.62. The van der Waals surface area contributed by atoms with E-state index in [-0.39, 0.29) is 0 Å². The molecule has 1 fully saturated rings. The van der Waals surface area contributed by atoms with Crippen LogP contribution in [0.4, 0.5) is 5.82 Å². The van der Waals surface area contributed by atoms with Crippen molar-refractivity contribution in [3.05, 3.63) is 23.4 Å². The molecule has 2 heterocycles. The van der Waals surface area contributed by atoms with E-state index in [0.717, 1.165) is 23.6 Å². The minimum Gasteiger partial charge on any atom is -0.389 e. The van der Waals surface area contributed by atoms with Gasteiger partial charge in [0.2, 0.25) is 0 Å². The summed E-state index contributed by atoms with van der Waals surface area (Å²) in [5, 5.41) is 3.44. The van der Waals surface area contributed by atoms with Crippen LogP contribution in [0.3, 0.4) is 0 Å². The third kappa shape index (κ3) is 4.14. The first-order valence-electron chi connectivity index (χ1n) is 6.82. The number of nitrogens with two attached hydrogens (primary N) is 1. The average Bonchev–Trinajstić information content (AvgIpc) is 2.80. The van der Waals surface area contributed by atoms with Gasteiger partial charge in [-0.2, -0.15) is 0 Å². The maximum absolute atomic E-state index is 5.68. The molecule has 0 aromatic carbocycles. The van der Waals surface area contributed by atoms with E-state index in [9.17, 15) is 0 Å². The monoisotopic (exact) mass is 278 g/mol. The lowest BCUT2D eigenvalue weighted by Crippen LogP contribution is -2.33. The van der Waals surface area contributed by atoms with Gasteiger partial charge in [-0.05, 0) is 51.9 Å². The molecule has 3 N–H and O–H groups in total. The van der Waals surface area contributed by atoms with E-state index in [4.69, 9.17) is 18.0 Å². The quantitative estimate of drug-likeness (QED) is 0.806. The number of pyridine rings is 1. The Morgan fingerprint density at radius 1 is 1.47 bits per heavy atom. The molecule has 1 aromatic heterocycles. The summed E-state index contributed by atoms with van der Waals surface area (Å²) in [6.07, 6.45) is 2.64. The molecular formula is C14H22N4S. The summed E-state index contributed by atoms with van der Waals surface area (Å²) in [4.78, 5) is 7.39. The molecule has 1 aromatic rings. The van der Waals surface area contributed by atoms with Crippen LogP contribution in [-0.4, -0.2) is 40.5 Å². The van der Waals surface area contributed by atoms with Gasteiger partial charge in [0.05, 0.1) is 0 Å². The fourth-order valence-corrected chi connectivity index (χ4v) is 2.65. The molecule has 2 rings (SSSR count). The molecule has 0 amide bonds. The number of nitrogens with one attached hydrogen (secondary N) is 1. The Kier molecular flexibility index (Phi) is 4.71. The van der Waals surface area contributed by atoms with E-state index >= 15 is 0 Å². The molecule has 1 atom stereocenters. The Morgan fingerprint density at radius 3 is 2.79 bits per heavy atom. The van der Waals surface area contributed by atoms with E-state index in [1.165, 1.54) is 25.9 Å². The predicted octanol–water partition coefficient (Wildman–Crippen LogP) is 1.92. The predicted molar refractivity (Wildman–Crippen MR) is 83.6 cm³/mol. The number of hydrogen-bond donors (Lipinski definition) is 2. The van der Waals surface area contributed by atoms with Crippen molar-refractivity contribution in [2.24, 2.45) is 5.73 Å². The highest BCUT2D eigenvalue weighted by Gasteiger charge is 2.15. The van der Waals surface area contributed by atoms with Crippen LogP contribution in [0.15, 0.2) is 12.1 Å². The zero-order valence-electron chi connectivity index (χ0n) is 11.6. The molecule has 0 saturated carbocycles. The molecule has 1 unspecified atom stereocenters. The van der Waals surface area contributed by atoms with E-state index in [1.54, 1.807) is 0 Å². The van der Waals surface area contributed by atoms with Gasteiger partial charge in [0.25, 0.3) is 0 Å². The molecule has 0 bridgehead atoms. The first kappa shape index (κ1) is 14.2. The molecule has 4 nitrogen and oxygen atoms in total.